The van der Waals surface area contributed by atoms with Crippen LogP contribution in [0.2, 0.25) is 0 Å². The number of pyridine rings is 1. The van der Waals surface area contributed by atoms with Gasteiger partial charge in [-0.05, 0) is 61.5 Å². The number of carbonyl (C=O) groups excluding carboxylic acids is 2. The highest BCUT2D eigenvalue weighted by atomic mass is 32.2. The summed E-state index contributed by atoms with van der Waals surface area (Å²) in [5.74, 6) is -0.868. The first kappa shape index (κ1) is 22.6. The molecule has 0 radical (unpaired) electrons. The fourth-order valence-electron chi connectivity index (χ4n) is 2.64. The number of ether oxygens (including phenoxy) is 1. The minimum Gasteiger partial charge on any atom is -0.618 e. The number of rotatable bonds is 7. The summed E-state index contributed by atoms with van der Waals surface area (Å²) < 4.78 is 33.1. The van der Waals surface area contributed by atoms with E-state index in [1.54, 1.807) is 12.1 Å². The second-order valence-electron chi connectivity index (χ2n) is 6.41. The molecule has 0 spiro atoms. The van der Waals surface area contributed by atoms with Crippen LogP contribution in [-0.2, 0) is 10.0 Å². The molecule has 3 N–H and O–H groups in total. The molecule has 2 aromatic carbocycles. The third-order valence-corrected chi connectivity index (χ3v) is 5.59. The number of sulfonamides is 1. The zero-order valence-corrected chi connectivity index (χ0v) is 17.8. The van der Waals surface area contributed by atoms with Gasteiger partial charge in [-0.15, -0.1) is 0 Å². The second-order valence-corrected chi connectivity index (χ2v) is 8.09. The molecule has 3 aromatic rings. The minimum absolute atomic E-state index is 0.0574. The van der Waals surface area contributed by atoms with Gasteiger partial charge >= 0.3 is 5.91 Å². The molecule has 1 heterocycles. The highest BCUT2D eigenvalue weighted by Gasteiger charge is 2.17. The summed E-state index contributed by atoms with van der Waals surface area (Å²) >= 11 is 0. The highest BCUT2D eigenvalue weighted by molar-refractivity contribution is 7.92. The summed E-state index contributed by atoms with van der Waals surface area (Å²) in [6.07, 6.45) is 1.16. The lowest BCUT2D eigenvalue weighted by Crippen LogP contribution is -2.46. The van der Waals surface area contributed by atoms with Gasteiger partial charge in [0.05, 0.1) is 11.5 Å². The van der Waals surface area contributed by atoms with Crippen molar-refractivity contribution in [3.63, 3.8) is 0 Å². The first-order valence-corrected chi connectivity index (χ1v) is 10.9. The topological polar surface area (TPSA) is 141 Å². The van der Waals surface area contributed by atoms with E-state index in [-0.39, 0.29) is 21.8 Å². The van der Waals surface area contributed by atoms with E-state index in [0.29, 0.717) is 17.1 Å². The maximum atomic E-state index is 12.5. The van der Waals surface area contributed by atoms with E-state index in [4.69, 9.17) is 4.74 Å². The van der Waals surface area contributed by atoms with Crippen molar-refractivity contribution in [2.45, 2.75) is 11.8 Å². The van der Waals surface area contributed by atoms with Gasteiger partial charge in [-0.3, -0.25) is 25.2 Å². The predicted octanol–water partition coefficient (Wildman–Crippen LogP) is 1.59. The largest absolute Gasteiger partial charge is 0.618 e. The van der Waals surface area contributed by atoms with Crippen molar-refractivity contribution >= 4 is 27.5 Å². The number of hydrogen-bond acceptors (Lipinski definition) is 6. The van der Waals surface area contributed by atoms with Gasteiger partial charge in [-0.2, -0.15) is 4.73 Å². The molecule has 0 atom stereocenters. The second kappa shape index (κ2) is 9.79. The van der Waals surface area contributed by atoms with Gasteiger partial charge in [-0.25, -0.2) is 8.42 Å². The lowest BCUT2D eigenvalue weighted by molar-refractivity contribution is -0.607. The smallest absolute Gasteiger partial charge is 0.335 e. The third-order valence-electron chi connectivity index (χ3n) is 4.19. The quantitative estimate of drug-likeness (QED) is 0.280. The van der Waals surface area contributed by atoms with E-state index in [1.807, 2.05) is 6.92 Å². The molecule has 32 heavy (non-hydrogen) atoms. The van der Waals surface area contributed by atoms with Crippen LogP contribution in [0.1, 0.15) is 27.8 Å². The molecule has 3 rings (SSSR count). The number of amides is 2. The Morgan fingerprint density at radius 1 is 0.938 bits per heavy atom. The zero-order valence-electron chi connectivity index (χ0n) is 16.9. The average molecular weight is 456 g/mol. The monoisotopic (exact) mass is 456 g/mol. The maximum absolute atomic E-state index is 12.5. The molecule has 0 unspecified atom stereocenters. The molecule has 166 valence electrons. The molecular formula is C21H20N4O6S. The van der Waals surface area contributed by atoms with Gasteiger partial charge in [0, 0.05) is 23.4 Å². The Morgan fingerprint density at radius 2 is 1.59 bits per heavy atom. The van der Waals surface area contributed by atoms with Crippen molar-refractivity contribution in [2.75, 3.05) is 11.3 Å². The van der Waals surface area contributed by atoms with E-state index in [9.17, 15) is 23.2 Å². The molecule has 11 heteroatoms. The van der Waals surface area contributed by atoms with E-state index in [2.05, 4.69) is 15.6 Å². The van der Waals surface area contributed by atoms with Crippen molar-refractivity contribution in [3.8, 4) is 5.75 Å². The van der Waals surface area contributed by atoms with Crippen LogP contribution >= 0.6 is 0 Å². The van der Waals surface area contributed by atoms with Crippen molar-refractivity contribution in [1.29, 1.82) is 0 Å². The van der Waals surface area contributed by atoms with Crippen LogP contribution < -0.4 is 25.0 Å². The van der Waals surface area contributed by atoms with Gasteiger partial charge < -0.3 is 9.94 Å². The lowest BCUT2D eigenvalue weighted by atomic mass is 10.2. The first-order chi connectivity index (χ1) is 15.3. The number of anilines is 1. The number of benzene rings is 2. The Morgan fingerprint density at radius 3 is 2.22 bits per heavy atom. The summed E-state index contributed by atoms with van der Waals surface area (Å²) in [5.41, 5.74) is 4.56. The number of nitrogens with zero attached hydrogens (tertiary/aromatic N) is 1. The van der Waals surface area contributed by atoms with E-state index in [1.165, 1.54) is 54.6 Å². The van der Waals surface area contributed by atoms with Crippen LogP contribution in [0.4, 0.5) is 5.69 Å². The van der Waals surface area contributed by atoms with Gasteiger partial charge in [0.15, 0.2) is 6.20 Å². The first-order valence-electron chi connectivity index (χ1n) is 9.45. The fourth-order valence-corrected chi connectivity index (χ4v) is 3.70. The molecule has 0 bridgehead atoms. The third kappa shape index (κ3) is 5.52. The van der Waals surface area contributed by atoms with Gasteiger partial charge in [-0.1, -0.05) is 0 Å². The molecule has 1 aromatic heterocycles. The number of aromatic nitrogens is 1. The molecule has 0 aliphatic rings. The molecule has 0 saturated heterocycles. The summed E-state index contributed by atoms with van der Waals surface area (Å²) in [6, 6.07) is 15.8. The lowest BCUT2D eigenvalue weighted by Gasteiger charge is -2.10. The maximum Gasteiger partial charge on any atom is 0.335 e. The van der Waals surface area contributed by atoms with Crippen molar-refractivity contribution in [3.05, 3.63) is 89.4 Å². The molecule has 0 aliphatic carbocycles. The van der Waals surface area contributed by atoms with Crippen molar-refractivity contribution in [1.82, 2.24) is 10.9 Å². The molecule has 0 saturated carbocycles. The van der Waals surface area contributed by atoms with Crippen LogP contribution in [0.25, 0.3) is 0 Å². The Kier molecular flexibility index (Phi) is 6.90. The number of hydrogen-bond donors (Lipinski definition) is 3. The summed E-state index contributed by atoms with van der Waals surface area (Å²) in [7, 11) is -3.83. The standard InChI is InChI=1S/C21H20N4O6S/c1-2-31-17-10-12-18(13-11-17)32(29,30)24-16-8-6-15(7-9-16)20(26)22-23-21(27)19-5-3-4-14-25(19)28/h3-14,24H,2H2,1H3,(H,22,26)(H,23,27). The number of carbonyl (C=O) groups is 2. The van der Waals surface area contributed by atoms with Crippen molar-refractivity contribution in [2.24, 2.45) is 0 Å². The van der Waals surface area contributed by atoms with Crippen LogP contribution in [0, 0.1) is 5.21 Å². The number of nitrogens with one attached hydrogen (secondary N) is 3. The Bertz CT molecular complexity index is 1210. The van der Waals surface area contributed by atoms with Gasteiger partial charge in [0.2, 0.25) is 0 Å². The van der Waals surface area contributed by atoms with Crippen LogP contribution in [-0.4, -0.2) is 26.8 Å². The predicted molar refractivity (Wildman–Crippen MR) is 115 cm³/mol. The van der Waals surface area contributed by atoms with Gasteiger partial charge in [0.1, 0.15) is 5.75 Å². The van der Waals surface area contributed by atoms with E-state index in [0.717, 1.165) is 6.20 Å². The molecule has 0 aliphatic heterocycles. The Hall–Kier alpha value is -4.12. The minimum atomic E-state index is -3.83. The average Bonchev–Trinajstić information content (AvgIpc) is 2.78. The van der Waals surface area contributed by atoms with Crippen molar-refractivity contribution < 1.29 is 27.5 Å². The molecule has 2 amide bonds. The van der Waals surface area contributed by atoms with E-state index >= 15 is 0 Å². The Labute approximate surface area is 184 Å². The van der Waals surface area contributed by atoms with Gasteiger partial charge in [0.25, 0.3) is 21.6 Å². The summed E-state index contributed by atoms with van der Waals surface area (Å²) in [6.45, 7) is 2.30. The highest BCUT2D eigenvalue weighted by Crippen LogP contribution is 2.19. The van der Waals surface area contributed by atoms with E-state index < -0.39 is 21.8 Å². The Balaban J connectivity index is 1.61. The van der Waals surface area contributed by atoms with Crippen LogP contribution in [0.5, 0.6) is 5.75 Å². The molecule has 10 nitrogen and oxygen atoms in total. The summed E-state index contributed by atoms with van der Waals surface area (Å²) in [5, 5.41) is 11.6. The SMILES string of the molecule is CCOc1ccc(S(=O)(=O)Nc2ccc(C(=O)NNC(=O)c3cccc[n+]3[O-])cc2)cc1. The summed E-state index contributed by atoms with van der Waals surface area (Å²) in [4.78, 5) is 24.2. The number of hydrazine groups is 1. The molecule has 0 fully saturated rings. The normalized spacial score (nSPS) is 10.8. The van der Waals surface area contributed by atoms with Crippen LogP contribution in [0.3, 0.4) is 0 Å². The zero-order chi connectivity index (χ0) is 23.1. The fraction of sp³-hybridized carbons (Fsp3) is 0.0952. The molecular weight excluding hydrogens is 436 g/mol. The van der Waals surface area contributed by atoms with Crippen LogP contribution in [0.15, 0.2) is 77.8 Å².